The van der Waals surface area contributed by atoms with Crippen molar-refractivity contribution in [1.82, 2.24) is 0 Å². The molecule has 0 aliphatic carbocycles. The number of allylic oxidation sites excluding steroid dienone is 1. The summed E-state index contributed by atoms with van der Waals surface area (Å²) in [5.41, 5.74) is 2.88. The van der Waals surface area contributed by atoms with Crippen molar-refractivity contribution in [2.24, 2.45) is 10.9 Å². The number of hydrogen-bond acceptors (Lipinski definition) is 7. The Hall–Kier alpha value is -4.55. The minimum Gasteiger partial charge on any atom is -0.495 e. The topological polar surface area (TPSA) is 113 Å². The fourth-order valence-corrected chi connectivity index (χ4v) is 5.39. The summed E-state index contributed by atoms with van der Waals surface area (Å²) in [6, 6.07) is 26.0. The number of hydrogen-bond donors (Lipinski definition) is 2. The summed E-state index contributed by atoms with van der Waals surface area (Å²) in [7, 11) is 1.54. The number of para-hydroxylation sites is 2. The van der Waals surface area contributed by atoms with E-state index in [0.717, 1.165) is 11.3 Å². The Balaban J connectivity index is 1.57. The third kappa shape index (κ3) is 6.71. The number of benzene rings is 3. The first kappa shape index (κ1) is 28.5. The molecule has 1 heterocycles. The van der Waals surface area contributed by atoms with Gasteiger partial charge in [-0.2, -0.15) is 5.26 Å². The van der Waals surface area contributed by atoms with Gasteiger partial charge >= 0.3 is 0 Å². The molecule has 4 rings (SSSR count). The highest BCUT2D eigenvalue weighted by molar-refractivity contribution is 8.03. The maximum absolute atomic E-state index is 13.7. The molecule has 0 saturated carbocycles. The Labute approximate surface area is 238 Å². The van der Waals surface area contributed by atoms with Crippen molar-refractivity contribution in [3.05, 3.63) is 95.0 Å². The summed E-state index contributed by atoms with van der Waals surface area (Å²) >= 11 is 1.18. The van der Waals surface area contributed by atoms with Gasteiger partial charge in [0.25, 0.3) is 0 Å². The summed E-state index contributed by atoms with van der Waals surface area (Å²) < 4.78 is 10.8. The number of aliphatic imine (C=N–C) groups is 1. The van der Waals surface area contributed by atoms with Crippen LogP contribution in [0.1, 0.15) is 25.3 Å². The molecule has 0 spiro atoms. The highest BCUT2D eigenvalue weighted by atomic mass is 32.2. The Morgan fingerprint density at radius 3 is 2.38 bits per heavy atom. The highest BCUT2D eigenvalue weighted by Crippen LogP contribution is 2.42. The number of carbonyl (C=O) groups is 2. The van der Waals surface area contributed by atoms with Crippen LogP contribution in [0.2, 0.25) is 0 Å². The lowest BCUT2D eigenvalue weighted by Crippen LogP contribution is -2.36. The highest BCUT2D eigenvalue weighted by Gasteiger charge is 2.39. The van der Waals surface area contributed by atoms with E-state index in [1.54, 1.807) is 43.3 Å². The van der Waals surface area contributed by atoms with Gasteiger partial charge in [-0.3, -0.25) is 9.59 Å². The normalized spacial score (nSPS) is 16.4. The summed E-state index contributed by atoms with van der Waals surface area (Å²) in [5, 5.41) is 16.5. The summed E-state index contributed by atoms with van der Waals surface area (Å²) in [4.78, 5) is 31.1. The summed E-state index contributed by atoms with van der Waals surface area (Å²) in [5.74, 6) is -0.544. The van der Waals surface area contributed by atoms with Crippen LogP contribution in [-0.4, -0.2) is 37.0 Å². The van der Waals surface area contributed by atoms with Crippen LogP contribution in [0.3, 0.4) is 0 Å². The number of nitrogens with one attached hydrogen (secondary N) is 2. The molecule has 204 valence electrons. The average Bonchev–Trinajstić information content (AvgIpc) is 2.97. The van der Waals surface area contributed by atoms with Gasteiger partial charge in [0, 0.05) is 17.3 Å². The second-order valence-corrected chi connectivity index (χ2v) is 9.90. The lowest BCUT2D eigenvalue weighted by atomic mass is 9.77. The van der Waals surface area contributed by atoms with Gasteiger partial charge in [0.15, 0.2) is 0 Å². The second-order valence-electron chi connectivity index (χ2n) is 8.93. The van der Waals surface area contributed by atoms with E-state index in [0.29, 0.717) is 40.0 Å². The molecule has 8 nitrogen and oxygen atoms in total. The molecule has 0 radical (unpaired) electrons. The Morgan fingerprint density at radius 2 is 1.70 bits per heavy atom. The molecule has 0 fully saturated rings. The zero-order valence-electron chi connectivity index (χ0n) is 22.5. The third-order valence-electron chi connectivity index (χ3n) is 6.32. The van der Waals surface area contributed by atoms with Crippen molar-refractivity contribution in [1.29, 1.82) is 5.26 Å². The third-order valence-corrected chi connectivity index (χ3v) is 7.31. The molecule has 40 heavy (non-hydrogen) atoms. The Kier molecular flexibility index (Phi) is 9.60. The number of anilines is 2. The van der Waals surface area contributed by atoms with Gasteiger partial charge in [-0.1, -0.05) is 54.2 Å². The molecular formula is C31H30N4O4S. The van der Waals surface area contributed by atoms with Crippen LogP contribution in [-0.2, 0) is 9.59 Å². The largest absolute Gasteiger partial charge is 0.495 e. The Bertz CT molecular complexity index is 1460. The van der Waals surface area contributed by atoms with Crippen LogP contribution < -0.4 is 20.1 Å². The van der Waals surface area contributed by atoms with Crippen LogP contribution in [0.5, 0.6) is 11.5 Å². The number of methoxy groups -OCH3 is 1. The number of amides is 2. The zero-order chi connectivity index (χ0) is 28.5. The van der Waals surface area contributed by atoms with Gasteiger partial charge in [-0.05, 0) is 55.8 Å². The van der Waals surface area contributed by atoms with Gasteiger partial charge in [-0.15, -0.1) is 0 Å². The van der Waals surface area contributed by atoms with Crippen LogP contribution >= 0.6 is 11.8 Å². The predicted molar refractivity (Wildman–Crippen MR) is 159 cm³/mol. The lowest BCUT2D eigenvalue weighted by Gasteiger charge is -2.31. The van der Waals surface area contributed by atoms with Crippen molar-refractivity contribution in [2.45, 2.75) is 19.8 Å². The van der Waals surface area contributed by atoms with E-state index in [2.05, 4.69) is 21.7 Å². The quantitative estimate of drug-likeness (QED) is 0.317. The van der Waals surface area contributed by atoms with Crippen molar-refractivity contribution in [2.75, 3.05) is 30.1 Å². The molecule has 1 aliphatic rings. The molecule has 2 amide bonds. The van der Waals surface area contributed by atoms with Gasteiger partial charge in [0.05, 0.1) is 42.7 Å². The second kappa shape index (κ2) is 13.5. The van der Waals surface area contributed by atoms with E-state index >= 15 is 0 Å². The first-order valence-corrected chi connectivity index (χ1v) is 13.8. The van der Waals surface area contributed by atoms with E-state index in [9.17, 15) is 14.9 Å². The lowest BCUT2D eigenvalue weighted by molar-refractivity contribution is -0.118. The first-order chi connectivity index (χ1) is 19.4. The molecule has 9 heteroatoms. The minimum absolute atomic E-state index is 0.0457. The molecular weight excluding hydrogens is 524 g/mol. The molecule has 0 aromatic heterocycles. The van der Waals surface area contributed by atoms with Crippen molar-refractivity contribution in [3.8, 4) is 17.6 Å². The van der Waals surface area contributed by atoms with Gasteiger partial charge in [0.1, 0.15) is 16.5 Å². The SMILES string of the molecule is CCOc1ccc(NC(=O)CSC2=C(C#N)[C@@H](c3ccccc3)C(C(=O)Nc3ccccc3OC)C(C)=N2)cc1. The van der Waals surface area contributed by atoms with Gasteiger partial charge < -0.3 is 20.1 Å². The Morgan fingerprint density at radius 1 is 1.00 bits per heavy atom. The van der Waals surface area contributed by atoms with E-state index < -0.39 is 11.8 Å². The van der Waals surface area contributed by atoms with Crippen LogP contribution in [0.4, 0.5) is 11.4 Å². The summed E-state index contributed by atoms with van der Waals surface area (Å²) in [6.07, 6.45) is 0. The molecule has 2 atom stereocenters. The van der Waals surface area contributed by atoms with Crippen molar-refractivity contribution in [3.63, 3.8) is 0 Å². The average molecular weight is 555 g/mol. The standard InChI is InChI=1S/C31H30N4O4S/c1-4-39-23-16-14-22(15-17-23)34-27(36)19-40-31-24(18-32)29(21-10-6-5-7-11-21)28(20(2)33-31)30(37)35-25-12-8-9-13-26(25)38-3/h5-17,28-29H,4,19H2,1-3H3,(H,34,36)(H,35,37)/t28?,29-/m1/s1. The predicted octanol–water partition coefficient (Wildman–Crippen LogP) is 6.01. The first-order valence-electron chi connectivity index (χ1n) is 12.8. The monoisotopic (exact) mass is 554 g/mol. The zero-order valence-corrected chi connectivity index (χ0v) is 23.3. The molecule has 1 aliphatic heterocycles. The number of nitriles is 1. The molecule has 0 bridgehead atoms. The fraction of sp³-hybridized carbons (Fsp3) is 0.226. The molecule has 3 aromatic rings. The molecule has 2 N–H and O–H groups in total. The number of rotatable bonds is 10. The van der Waals surface area contributed by atoms with E-state index in [1.165, 1.54) is 18.9 Å². The summed E-state index contributed by atoms with van der Waals surface area (Å²) in [6.45, 7) is 4.24. The van der Waals surface area contributed by atoms with Crippen LogP contribution in [0.25, 0.3) is 0 Å². The maximum atomic E-state index is 13.7. The number of nitrogens with zero attached hydrogens (tertiary/aromatic N) is 2. The van der Waals surface area contributed by atoms with Gasteiger partial charge in [-0.25, -0.2) is 4.99 Å². The van der Waals surface area contributed by atoms with E-state index in [1.807, 2.05) is 49.4 Å². The molecule has 1 unspecified atom stereocenters. The maximum Gasteiger partial charge on any atom is 0.234 e. The number of thioether (sulfide) groups is 1. The molecule has 0 saturated heterocycles. The number of ether oxygens (including phenoxy) is 2. The minimum atomic E-state index is -0.732. The van der Waals surface area contributed by atoms with Crippen molar-refractivity contribution >= 4 is 40.7 Å². The fourth-order valence-electron chi connectivity index (χ4n) is 4.51. The molecule has 3 aromatic carbocycles. The van der Waals surface area contributed by atoms with E-state index in [4.69, 9.17) is 9.47 Å². The van der Waals surface area contributed by atoms with E-state index in [-0.39, 0.29) is 17.6 Å². The number of carbonyl (C=O) groups excluding carboxylic acids is 2. The van der Waals surface area contributed by atoms with Crippen molar-refractivity contribution < 1.29 is 19.1 Å². The van der Waals surface area contributed by atoms with Gasteiger partial charge in [0.2, 0.25) is 11.8 Å². The smallest absolute Gasteiger partial charge is 0.234 e. The van der Waals surface area contributed by atoms with Crippen LogP contribution in [0, 0.1) is 17.2 Å². The van der Waals surface area contributed by atoms with Crippen LogP contribution in [0.15, 0.2) is 94.5 Å².